The average Bonchev–Trinajstić information content (AvgIpc) is 2.45. The summed E-state index contributed by atoms with van der Waals surface area (Å²) in [6.07, 6.45) is 0. The first-order valence-electron chi connectivity index (χ1n) is 7.21. The van der Waals surface area contributed by atoms with Crippen LogP contribution in [0.5, 0.6) is 0 Å². The molecule has 1 aromatic rings. The number of nitrogens with one attached hydrogen (secondary N) is 2. The third kappa shape index (κ3) is 6.13. The van der Waals surface area contributed by atoms with Crippen molar-refractivity contribution >= 4 is 10.0 Å². The van der Waals surface area contributed by atoms with E-state index in [2.05, 4.69) is 23.9 Å². The second-order valence-electron chi connectivity index (χ2n) is 5.45. The van der Waals surface area contributed by atoms with Gasteiger partial charge in [0, 0.05) is 19.2 Å². The molecule has 1 unspecified atom stereocenters. The van der Waals surface area contributed by atoms with Crippen molar-refractivity contribution in [3.63, 3.8) is 0 Å². The zero-order chi connectivity index (χ0) is 15.9. The van der Waals surface area contributed by atoms with Crippen molar-refractivity contribution in [3.05, 3.63) is 29.8 Å². The number of rotatable bonds is 9. The summed E-state index contributed by atoms with van der Waals surface area (Å²) in [6.45, 7) is 7.43. The molecule has 0 aliphatic rings. The fraction of sp³-hybridized carbons (Fsp3) is 0.600. The van der Waals surface area contributed by atoms with Crippen LogP contribution >= 0.6 is 0 Å². The fourth-order valence-corrected chi connectivity index (χ4v) is 2.77. The summed E-state index contributed by atoms with van der Waals surface area (Å²) in [5, 5.41) is 3.12. The minimum absolute atomic E-state index is 0.194. The molecule has 2 N–H and O–H groups in total. The third-order valence-corrected chi connectivity index (χ3v) is 4.59. The fourth-order valence-electron chi connectivity index (χ4n) is 1.75. The Labute approximate surface area is 128 Å². The molecule has 0 amide bonds. The van der Waals surface area contributed by atoms with E-state index in [1.807, 2.05) is 26.1 Å². The van der Waals surface area contributed by atoms with Gasteiger partial charge in [-0.3, -0.25) is 0 Å². The van der Waals surface area contributed by atoms with E-state index < -0.39 is 10.0 Å². The summed E-state index contributed by atoms with van der Waals surface area (Å²) in [7, 11) is -1.59. The Morgan fingerprint density at radius 2 is 1.76 bits per heavy atom. The molecule has 0 radical (unpaired) electrons. The van der Waals surface area contributed by atoms with Crippen molar-refractivity contribution in [1.29, 1.82) is 0 Å². The quantitative estimate of drug-likeness (QED) is 0.683. The summed E-state index contributed by atoms with van der Waals surface area (Å²) in [6, 6.07) is 7.09. The standard InChI is InChI=1S/C15H26N2O3S/c1-12(2)11-20-10-9-17-21(18,19)15-7-5-14(6-8-15)13(3)16-4/h5-8,12-13,16-17H,9-11H2,1-4H3. The van der Waals surface area contributed by atoms with E-state index in [0.717, 1.165) is 5.56 Å². The molecule has 0 bridgehead atoms. The van der Waals surface area contributed by atoms with Gasteiger partial charge in [0.1, 0.15) is 0 Å². The van der Waals surface area contributed by atoms with Crippen molar-refractivity contribution in [1.82, 2.24) is 10.0 Å². The normalized spacial score (nSPS) is 13.6. The molecule has 0 spiro atoms. The van der Waals surface area contributed by atoms with Gasteiger partial charge in [0.05, 0.1) is 11.5 Å². The number of hydrogen-bond donors (Lipinski definition) is 2. The summed E-state index contributed by atoms with van der Waals surface area (Å²) in [5.41, 5.74) is 1.05. The topological polar surface area (TPSA) is 67.4 Å². The zero-order valence-electron chi connectivity index (χ0n) is 13.2. The SMILES string of the molecule is CNC(C)c1ccc(S(=O)(=O)NCCOCC(C)C)cc1. The van der Waals surface area contributed by atoms with E-state index >= 15 is 0 Å². The minimum atomic E-state index is -3.46. The van der Waals surface area contributed by atoms with E-state index in [4.69, 9.17) is 4.74 Å². The predicted molar refractivity (Wildman–Crippen MR) is 84.8 cm³/mol. The molecule has 1 rings (SSSR count). The third-order valence-electron chi connectivity index (χ3n) is 3.11. The Balaban J connectivity index is 2.54. The Hall–Kier alpha value is -0.950. The summed E-state index contributed by atoms with van der Waals surface area (Å²) in [4.78, 5) is 0.276. The van der Waals surface area contributed by atoms with E-state index in [1.54, 1.807) is 12.1 Å². The highest BCUT2D eigenvalue weighted by Gasteiger charge is 2.13. The highest BCUT2D eigenvalue weighted by atomic mass is 32.2. The maximum absolute atomic E-state index is 12.1. The van der Waals surface area contributed by atoms with Gasteiger partial charge in [0.25, 0.3) is 0 Å². The van der Waals surface area contributed by atoms with Crippen LogP contribution in [0.1, 0.15) is 32.4 Å². The van der Waals surface area contributed by atoms with Crippen LogP contribution in [0.25, 0.3) is 0 Å². The van der Waals surface area contributed by atoms with E-state index in [-0.39, 0.29) is 17.5 Å². The van der Waals surface area contributed by atoms with Gasteiger partial charge >= 0.3 is 0 Å². The van der Waals surface area contributed by atoms with E-state index in [1.165, 1.54) is 0 Å². The van der Waals surface area contributed by atoms with Crippen LogP contribution in [-0.4, -0.2) is 35.2 Å². The van der Waals surface area contributed by atoms with Gasteiger partial charge in [0.15, 0.2) is 0 Å². The molecule has 0 aromatic heterocycles. The first-order chi connectivity index (χ1) is 9.86. The molecule has 21 heavy (non-hydrogen) atoms. The van der Waals surface area contributed by atoms with Crippen molar-refractivity contribution in [2.24, 2.45) is 5.92 Å². The Bertz CT molecular complexity index is 512. The van der Waals surface area contributed by atoms with E-state index in [0.29, 0.717) is 19.1 Å². The molecule has 0 saturated heterocycles. The largest absolute Gasteiger partial charge is 0.380 e. The average molecular weight is 314 g/mol. The lowest BCUT2D eigenvalue weighted by Crippen LogP contribution is -2.28. The van der Waals surface area contributed by atoms with Crippen LogP contribution in [0.3, 0.4) is 0 Å². The van der Waals surface area contributed by atoms with Gasteiger partial charge in [-0.05, 0) is 37.6 Å². The lowest BCUT2D eigenvalue weighted by molar-refractivity contribution is 0.114. The second kappa shape index (κ2) is 8.48. The highest BCUT2D eigenvalue weighted by Crippen LogP contribution is 2.15. The van der Waals surface area contributed by atoms with Crippen LogP contribution in [0.15, 0.2) is 29.2 Å². The molecule has 5 nitrogen and oxygen atoms in total. The van der Waals surface area contributed by atoms with Crippen LogP contribution in [0, 0.1) is 5.92 Å². The number of sulfonamides is 1. The van der Waals surface area contributed by atoms with Gasteiger partial charge in [-0.25, -0.2) is 13.1 Å². The van der Waals surface area contributed by atoms with Gasteiger partial charge < -0.3 is 10.1 Å². The smallest absolute Gasteiger partial charge is 0.240 e. The molecule has 0 aliphatic carbocycles. The molecule has 0 fully saturated rings. The summed E-state index contributed by atoms with van der Waals surface area (Å²) in [5.74, 6) is 0.448. The number of ether oxygens (including phenoxy) is 1. The van der Waals surface area contributed by atoms with Crippen molar-refractivity contribution in [2.75, 3.05) is 26.8 Å². The van der Waals surface area contributed by atoms with Gasteiger partial charge in [-0.15, -0.1) is 0 Å². The first-order valence-corrected chi connectivity index (χ1v) is 8.69. The maximum Gasteiger partial charge on any atom is 0.240 e. The van der Waals surface area contributed by atoms with Crippen molar-refractivity contribution < 1.29 is 13.2 Å². The molecule has 1 atom stereocenters. The van der Waals surface area contributed by atoms with Crippen molar-refractivity contribution in [3.8, 4) is 0 Å². The number of benzene rings is 1. The molecule has 1 aromatic carbocycles. The van der Waals surface area contributed by atoms with Gasteiger partial charge in [0.2, 0.25) is 10.0 Å². The Morgan fingerprint density at radius 1 is 1.14 bits per heavy atom. The minimum Gasteiger partial charge on any atom is -0.380 e. The van der Waals surface area contributed by atoms with Crippen LogP contribution < -0.4 is 10.0 Å². The van der Waals surface area contributed by atoms with Gasteiger partial charge in [-0.1, -0.05) is 26.0 Å². The zero-order valence-corrected chi connectivity index (χ0v) is 14.0. The summed E-state index contributed by atoms with van der Waals surface area (Å²) >= 11 is 0. The maximum atomic E-state index is 12.1. The van der Waals surface area contributed by atoms with Crippen LogP contribution in [0.2, 0.25) is 0 Å². The number of hydrogen-bond acceptors (Lipinski definition) is 4. The lowest BCUT2D eigenvalue weighted by Gasteiger charge is -2.12. The second-order valence-corrected chi connectivity index (χ2v) is 7.21. The molecule has 0 saturated carbocycles. The lowest BCUT2D eigenvalue weighted by atomic mass is 10.1. The van der Waals surface area contributed by atoms with Crippen LogP contribution in [0.4, 0.5) is 0 Å². The Morgan fingerprint density at radius 3 is 2.29 bits per heavy atom. The predicted octanol–water partition coefficient (Wildman–Crippen LogP) is 1.92. The molecular formula is C15H26N2O3S. The van der Waals surface area contributed by atoms with Gasteiger partial charge in [-0.2, -0.15) is 0 Å². The molecule has 0 heterocycles. The van der Waals surface area contributed by atoms with E-state index in [9.17, 15) is 8.42 Å². The monoisotopic (exact) mass is 314 g/mol. The highest BCUT2D eigenvalue weighted by molar-refractivity contribution is 7.89. The van der Waals surface area contributed by atoms with Crippen molar-refractivity contribution in [2.45, 2.75) is 31.7 Å². The molecule has 6 heteroatoms. The summed E-state index contributed by atoms with van der Waals surface area (Å²) < 4.78 is 32.1. The van der Waals surface area contributed by atoms with Crippen LogP contribution in [-0.2, 0) is 14.8 Å². The molecule has 0 aliphatic heterocycles. The molecular weight excluding hydrogens is 288 g/mol. The Kier molecular flexibility index (Phi) is 7.31. The first kappa shape index (κ1) is 18.1. The molecule has 120 valence electrons.